The average molecular weight is 383 g/mol. The van der Waals surface area contributed by atoms with E-state index in [1.54, 1.807) is 14.1 Å². The maximum atomic E-state index is 12.6. The fourth-order valence-electron chi connectivity index (χ4n) is 3.37. The molecule has 0 fully saturated rings. The Bertz CT molecular complexity index is 1160. The van der Waals surface area contributed by atoms with E-state index in [1.807, 2.05) is 64.5 Å². The van der Waals surface area contributed by atoms with Crippen molar-refractivity contribution in [3.05, 3.63) is 59.2 Å². The number of benzene rings is 2. The van der Waals surface area contributed by atoms with Gasteiger partial charge in [0.25, 0.3) is 5.91 Å². The van der Waals surface area contributed by atoms with Crippen LogP contribution in [0.3, 0.4) is 0 Å². The van der Waals surface area contributed by atoms with E-state index >= 15 is 0 Å². The van der Waals surface area contributed by atoms with Gasteiger partial charge in [0.1, 0.15) is 0 Å². The minimum absolute atomic E-state index is 0.409. The average Bonchev–Trinajstić information content (AvgIpc) is 3.17. The van der Waals surface area contributed by atoms with Gasteiger partial charge in [-0.1, -0.05) is 41.9 Å². The molecule has 2 heterocycles. The maximum absolute atomic E-state index is 12.6. The summed E-state index contributed by atoms with van der Waals surface area (Å²) in [7, 11) is 5.13. The van der Waals surface area contributed by atoms with Gasteiger partial charge in [-0.05, 0) is 18.2 Å². The Hall–Kier alpha value is -2.83. The van der Waals surface area contributed by atoms with Crippen LogP contribution in [0, 0.1) is 0 Å². The highest BCUT2D eigenvalue weighted by Crippen LogP contribution is 2.34. The number of hydrogen-bond acceptors (Lipinski definition) is 3. The molecule has 6 nitrogen and oxygen atoms in total. The lowest BCUT2D eigenvalue weighted by Crippen LogP contribution is -2.29. The molecule has 0 aliphatic heterocycles. The van der Waals surface area contributed by atoms with Crippen molar-refractivity contribution in [3.63, 3.8) is 0 Å². The minimum atomic E-state index is -1.35. The van der Waals surface area contributed by atoms with E-state index in [0.717, 1.165) is 16.6 Å². The van der Waals surface area contributed by atoms with Crippen LogP contribution in [-0.2, 0) is 11.8 Å². The van der Waals surface area contributed by atoms with E-state index in [4.69, 9.17) is 16.6 Å². The van der Waals surface area contributed by atoms with Gasteiger partial charge in [-0.2, -0.15) is 0 Å². The van der Waals surface area contributed by atoms with E-state index in [-0.39, 0.29) is 0 Å². The first kappa shape index (κ1) is 17.6. The second-order valence-electron chi connectivity index (χ2n) is 6.67. The summed E-state index contributed by atoms with van der Waals surface area (Å²) in [5, 5.41) is 11.5. The van der Waals surface area contributed by atoms with Gasteiger partial charge in [0.2, 0.25) is 5.78 Å². The van der Waals surface area contributed by atoms with Gasteiger partial charge >= 0.3 is 0 Å². The summed E-state index contributed by atoms with van der Waals surface area (Å²) in [5.41, 5.74) is 3.54. The van der Waals surface area contributed by atoms with E-state index in [2.05, 4.69) is 0 Å². The molecule has 0 bridgehead atoms. The largest absolute Gasteiger partial charge is 0.377 e. The number of imidazole rings is 2. The summed E-state index contributed by atoms with van der Waals surface area (Å²) < 4.78 is 3.74. The zero-order valence-electron chi connectivity index (χ0n) is 15.2. The van der Waals surface area contributed by atoms with Gasteiger partial charge < -0.3 is 14.6 Å². The number of aryl methyl sites for hydroxylation is 1. The van der Waals surface area contributed by atoms with Gasteiger partial charge in [0, 0.05) is 31.7 Å². The first-order valence-corrected chi connectivity index (χ1v) is 8.89. The van der Waals surface area contributed by atoms with Crippen LogP contribution >= 0.6 is 11.6 Å². The smallest absolute Gasteiger partial charge is 0.257 e. The Kier molecular flexibility index (Phi) is 4.17. The van der Waals surface area contributed by atoms with Gasteiger partial charge in [0.05, 0.1) is 22.4 Å². The number of halogens is 1. The van der Waals surface area contributed by atoms with Gasteiger partial charge in [0.15, 0.2) is 6.10 Å². The van der Waals surface area contributed by atoms with Crippen molar-refractivity contribution < 1.29 is 9.90 Å². The topological polar surface area (TPSA) is 62.8 Å². The molecule has 0 saturated carbocycles. The number of fused-ring (bicyclic) bond motifs is 3. The molecule has 1 unspecified atom stereocenters. The van der Waals surface area contributed by atoms with Crippen LogP contribution in [0.4, 0.5) is 0 Å². The standard InChI is InChI=1S/C20H19ClN4O2/c1-23(2)19(27)18(26)17-16(12-7-5-4-6-8-12)22-20-24(3)14-10-9-13(21)11-15(14)25(17)20/h4-11,18,26H,1-3H3. The molecule has 0 spiro atoms. The van der Waals surface area contributed by atoms with Crippen molar-refractivity contribution in [1.29, 1.82) is 0 Å². The zero-order chi connectivity index (χ0) is 19.3. The molecule has 2 aromatic heterocycles. The van der Waals surface area contributed by atoms with Crippen LogP contribution < -0.4 is 0 Å². The molecule has 138 valence electrons. The van der Waals surface area contributed by atoms with Crippen molar-refractivity contribution in [2.75, 3.05) is 14.1 Å². The molecule has 1 N–H and O–H groups in total. The second kappa shape index (κ2) is 6.40. The third-order valence-electron chi connectivity index (χ3n) is 4.72. The van der Waals surface area contributed by atoms with Crippen LogP contribution in [-0.4, -0.2) is 44.0 Å². The number of aromatic nitrogens is 3. The Balaban J connectivity index is 2.12. The zero-order valence-corrected chi connectivity index (χ0v) is 16.0. The Morgan fingerprint density at radius 3 is 2.52 bits per heavy atom. The number of amides is 1. The van der Waals surface area contributed by atoms with Crippen LogP contribution in [0.5, 0.6) is 0 Å². The lowest BCUT2D eigenvalue weighted by atomic mass is 10.1. The molecule has 0 radical (unpaired) electrons. The van der Waals surface area contributed by atoms with Gasteiger partial charge in [-0.15, -0.1) is 0 Å². The Labute approximate surface area is 161 Å². The molecule has 4 rings (SSSR count). The molecule has 0 aliphatic carbocycles. The fourth-order valence-corrected chi connectivity index (χ4v) is 3.54. The van der Waals surface area contributed by atoms with Crippen LogP contribution in [0.15, 0.2) is 48.5 Å². The van der Waals surface area contributed by atoms with Crippen molar-refractivity contribution in [1.82, 2.24) is 18.9 Å². The number of likely N-dealkylation sites (N-methyl/N-ethyl adjacent to an activating group) is 1. The monoisotopic (exact) mass is 382 g/mol. The summed E-state index contributed by atoms with van der Waals surface area (Å²) in [6.45, 7) is 0. The highest BCUT2D eigenvalue weighted by atomic mass is 35.5. The minimum Gasteiger partial charge on any atom is -0.377 e. The summed E-state index contributed by atoms with van der Waals surface area (Å²) in [5.74, 6) is 0.222. The summed E-state index contributed by atoms with van der Waals surface area (Å²) in [4.78, 5) is 18.7. The summed E-state index contributed by atoms with van der Waals surface area (Å²) >= 11 is 6.22. The lowest BCUT2D eigenvalue weighted by molar-refractivity contribution is -0.138. The molecular weight excluding hydrogens is 364 g/mol. The third-order valence-corrected chi connectivity index (χ3v) is 4.95. The predicted molar refractivity (Wildman–Crippen MR) is 106 cm³/mol. The fraction of sp³-hybridized carbons (Fsp3) is 0.200. The Morgan fingerprint density at radius 1 is 1.15 bits per heavy atom. The first-order chi connectivity index (χ1) is 12.9. The molecule has 1 amide bonds. The van der Waals surface area contributed by atoms with Crippen molar-refractivity contribution in [2.24, 2.45) is 7.05 Å². The van der Waals surface area contributed by atoms with Gasteiger partial charge in [-0.3, -0.25) is 9.20 Å². The predicted octanol–water partition coefficient (Wildman–Crippen LogP) is 3.27. The molecule has 7 heteroatoms. The highest BCUT2D eigenvalue weighted by Gasteiger charge is 2.30. The number of rotatable bonds is 3. The maximum Gasteiger partial charge on any atom is 0.257 e. The molecule has 0 aliphatic rings. The second-order valence-corrected chi connectivity index (χ2v) is 7.11. The summed E-state index contributed by atoms with van der Waals surface area (Å²) in [6, 6.07) is 15.1. The molecule has 1 atom stereocenters. The number of nitrogens with zero attached hydrogens (tertiary/aromatic N) is 4. The molecule has 4 aromatic rings. The van der Waals surface area contributed by atoms with Crippen LogP contribution in [0.1, 0.15) is 11.8 Å². The van der Waals surface area contributed by atoms with Crippen molar-refractivity contribution >= 4 is 34.3 Å². The summed E-state index contributed by atoms with van der Waals surface area (Å²) in [6.07, 6.45) is -1.35. The number of aliphatic hydroxyl groups excluding tert-OH is 1. The van der Waals surface area contributed by atoms with E-state index < -0.39 is 12.0 Å². The number of hydrogen-bond donors (Lipinski definition) is 1. The van der Waals surface area contributed by atoms with E-state index in [1.165, 1.54) is 4.90 Å². The van der Waals surface area contributed by atoms with Crippen LogP contribution in [0.25, 0.3) is 28.1 Å². The van der Waals surface area contributed by atoms with Gasteiger partial charge in [-0.25, -0.2) is 4.98 Å². The van der Waals surface area contributed by atoms with E-state index in [0.29, 0.717) is 22.2 Å². The van der Waals surface area contributed by atoms with Crippen LogP contribution in [0.2, 0.25) is 5.02 Å². The molecule has 2 aromatic carbocycles. The number of carbonyl (C=O) groups is 1. The molecular formula is C20H19ClN4O2. The normalized spacial score (nSPS) is 12.6. The molecule has 0 saturated heterocycles. The third kappa shape index (κ3) is 2.69. The number of carbonyl (C=O) groups excluding carboxylic acids is 1. The Morgan fingerprint density at radius 2 is 1.85 bits per heavy atom. The quantitative estimate of drug-likeness (QED) is 0.591. The van der Waals surface area contributed by atoms with E-state index in [9.17, 15) is 9.90 Å². The highest BCUT2D eigenvalue weighted by molar-refractivity contribution is 6.31. The SMILES string of the molecule is CN(C)C(=O)C(O)c1c(-c2ccccc2)nc2n(C)c3ccc(Cl)cc3n12. The lowest BCUT2D eigenvalue weighted by Gasteiger charge is -2.17. The first-order valence-electron chi connectivity index (χ1n) is 8.51. The molecule has 27 heavy (non-hydrogen) atoms. The van der Waals surface area contributed by atoms with Crippen molar-refractivity contribution in [3.8, 4) is 11.3 Å². The van der Waals surface area contributed by atoms with Crippen molar-refractivity contribution in [2.45, 2.75) is 6.10 Å². The number of aliphatic hydroxyl groups is 1.